The molecule has 2 heteroatoms. The molecule has 0 aliphatic heterocycles. The summed E-state index contributed by atoms with van der Waals surface area (Å²) < 4.78 is 0. The lowest BCUT2D eigenvalue weighted by Gasteiger charge is -1.87. The molecule has 0 aliphatic rings. The Bertz CT molecular complexity index is 27.7. The zero-order valence-electron chi connectivity index (χ0n) is 5.75. The molecule has 0 rings (SSSR count). The van der Waals surface area contributed by atoms with E-state index in [-0.39, 0.29) is 0 Å². The smallest absolute Gasteiger partial charge is 0.0305 e. The fourth-order valence-electron chi connectivity index (χ4n) is 0. The molecular formula is C6H14Cl2. The summed E-state index contributed by atoms with van der Waals surface area (Å²) in [7, 11) is 0. The summed E-state index contributed by atoms with van der Waals surface area (Å²) in [5.74, 6) is 0.722. The maximum Gasteiger partial charge on any atom is 0.0305 e. The summed E-state index contributed by atoms with van der Waals surface area (Å²) in [5, 5.41) is 0.356. The van der Waals surface area contributed by atoms with Gasteiger partial charge in [0.25, 0.3) is 0 Å². The zero-order valence-corrected chi connectivity index (χ0v) is 7.26. The van der Waals surface area contributed by atoms with Gasteiger partial charge in [-0.1, -0.05) is 13.8 Å². The Kier molecular flexibility index (Phi) is 15.0. The predicted molar refractivity (Wildman–Crippen MR) is 42.0 cm³/mol. The summed E-state index contributed by atoms with van der Waals surface area (Å²) in [6.07, 6.45) is 1.07. The maximum atomic E-state index is 5.46. The molecule has 0 saturated carbocycles. The van der Waals surface area contributed by atoms with E-state index in [2.05, 4.69) is 6.92 Å². The molecule has 8 heavy (non-hydrogen) atoms. The molecule has 0 nitrogen and oxygen atoms in total. The van der Waals surface area contributed by atoms with E-state index in [9.17, 15) is 0 Å². The van der Waals surface area contributed by atoms with Crippen molar-refractivity contribution in [2.24, 2.45) is 0 Å². The van der Waals surface area contributed by atoms with Crippen molar-refractivity contribution in [3.63, 3.8) is 0 Å². The van der Waals surface area contributed by atoms with E-state index in [4.69, 9.17) is 23.2 Å². The summed E-state index contributed by atoms with van der Waals surface area (Å²) in [6.45, 7) is 5.95. The molecule has 0 spiro atoms. The van der Waals surface area contributed by atoms with E-state index in [1.165, 1.54) is 0 Å². The number of hydrogen-bond acceptors (Lipinski definition) is 0. The van der Waals surface area contributed by atoms with E-state index < -0.39 is 0 Å². The van der Waals surface area contributed by atoms with Crippen LogP contribution in [0.1, 0.15) is 27.2 Å². The Labute approximate surface area is 62.2 Å². The van der Waals surface area contributed by atoms with E-state index in [0.717, 1.165) is 12.3 Å². The van der Waals surface area contributed by atoms with Crippen molar-refractivity contribution < 1.29 is 0 Å². The summed E-state index contributed by atoms with van der Waals surface area (Å²) >= 11 is 10.5. The second-order valence-electron chi connectivity index (χ2n) is 1.46. The summed E-state index contributed by atoms with van der Waals surface area (Å²) in [5.41, 5.74) is 0. The third-order valence-corrected chi connectivity index (χ3v) is 0.871. The van der Waals surface area contributed by atoms with Gasteiger partial charge in [0.1, 0.15) is 0 Å². The van der Waals surface area contributed by atoms with E-state index in [0.29, 0.717) is 5.38 Å². The molecule has 0 fully saturated rings. The van der Waals surface area contributed by atoms with Crippen LogP contribution in [0.25, 0.3) is 0 Å². The molecule has 0 saturated heterocycles. The van der Waals surface area contributed by atoms with Gasteiger partial charge >= 0.3 is 0 Å². The van der Waals surface area contributed by atoms with Crippen molar-refractivity contribution >= 4 is 23.2 Å². The van der Waals surface area contributed by atoms with Gasteiger partial charge in [-0.2, -0.15) is 0 Å². The van der Waals surface area contributed by atoms with Crippen molar-refractivity contribution in [3.05, 3.63) is 0 Å². The van der Waals surface area contributed by atoms with Gasteiger partial charge < -0.3 is 0 Å². The van der Waals surface area contributed by atoms with Crippen LogP contribution in [0.3, 0.4) is 0 Å². The normalized spacial score (nSPS) is 11.6. The highest BCUT2D eigenvalue weighted by Gasteiger charge is 1.83. The molecule has 0 amide bonds. The van der Waals surface area contributed by atoms with Crippen molar-refractivity contribution in [3.8, 4) is 0 Å². The first-order valence-corrected chi connectivity index (χ1v) is 3.86. The van der Waals surface area contributed by atoms with Gasteiger partial charge in [-0.25, -0.2) is 0 Å². The molecule has 0 bridgehead atoms. The molecule has 0 heterocycles. The van der Waals surface area contributed by atoms with Crippen LogP contribution in [0.2, 0.25) is 0 Å². The van der Waals surface area contributed by atoms with Gasteiger partial charge in [0.15, 0.2) is 0 Å². The minimum Gasteiger partial charge on any atom is -0.127 e. The monoisotopic (exact) mass is 156 g/mol. The lowest BCUT2D eigenvalue weighted by atomic mass is 10.4. The van der Waals surface area contributed by atoms with Gasteiger partial charge in [0.05, 0.1) is 0 Å². The highest BCUT2D eigenvalue weighted by Crippen LogP contribution is 1.95. The minimum absolute atomic E-state index is 0.356. The first-order valence-electron chi connectivity index (χ1n) is 2.89. The topological polar surface area (TPSA) is 0 Å². The Balaban J connectivity index is 0. The predicted octanol–water partition coefficient (Wildman–Crippen LogP) is 3.27. The van der Waals surface area contributed by atoms with E-state index in [1.54, 1.807) is 0 Å². The summed E-state index contributed by atoms with van der Waals surface area (Å²) in [6, 6.07) is 0. The lowest BCUT2D eigenvalue weighted by molar-refractivity contribution is 0.895. The second-order valence-corrected chi connectivity index (χ2v) is 2.74. The van der Waals surface area contributed by atoms with Gasteiger partial charge in [0.2, 0.25) is 0 Å². The molecule has 1 atom stereocenters. The van der Waals surface area contributed by atoms with Gasteiger partial charge in [0, 0.05) is 11.3 Å². The van der Waals surface area contributed by atoms with Gasteiger partial charge in [-0.3, -0.25) is 0 Å². The fourth-order valence-corrected chi connectivity index (χ4v) is 0. The first kappa shape index (κ1) is 11.4. The molecular weight excluding hydrogens is 143 g/mol. The Morgan fingerprint density at radius 1 is 1.38 bits per heavy atom. The van der Waals surface area contributed by atoms with E-state index >= 15 is 0 Å². The number of alkyl halides is 2. The van der Waals surface area contributed by atoms with E-state index in [1.807, 2.05) is 13.8 Å². The standard InChI is InChI=1S/C4H9Cl.C2H5Cl/c1-3-4(2)5;1-2-3/h4H,3H2,1-2H3;2H2,1H3. The summed E-state index contributed by atoms with van der Waals surface area (Å²) in [4.78, 5) is 0. The lowest BCUT2D eigenvalue weighted by Crippen LogP contribution is -1.81. The van der Waals surface area contributed by atoms with Crippen LogP contribution >= 0.6 is 23.2 Å². The number of halogens is 2. The van der Waals surface area contributed by atoms with Crippen molar-refractivity contribution in [2.45, 2.75) is 32.6 Å². The largest absolute Gasteiger partial charge is 0.127 e. The van der Waals surface area contributed by atoms with Crippen LogP contribution in [0.4, 0.5) is 0 Å². The van der Waals surface area contributed by atoms with Gasteiger partial charge in [-0.05, 0) is 13.3 Å². The Morgan fingerprint density at radius 3 is 1.50 bits per heavy atom. The zero-order chi connectivity index (χ0) is 6.99. The molecule has 0 aromatic carbocycles. The SMILES string of the molecule is CCC(C)Cl.CCCl. The van der Waals surface area contributed by atoms with Crippen LogP contribution in [-0.4, -0.2) is 11.3 Å². The molecule has 0 N–H and O–H groups in total. The average Bonchev–Trinajstić information content (AvgIpc) is 1.69. The van der Waals surface area contributed by atoms with Crippen LogP contribution in [0.5, 0.6) is 0 Å². The third kappa shape index (κ3) is 30.8. The second kappa shape index (κ2) is 10.5. The molecule has 0 radical (unpaired) electrons. The quantitative estimate of drug-likeness (QED) is 0.512. The number of hydrogen-bond donors (Lipinski definition) is 0. The van der Waals surface area contributed by atoms with Crippen molar-refractivity contribution in [2.75, 3.05) is 5.88 Å². The first-order chi connectivity index (χ1) is 3.68. The molecule has 52 valence electrons. The average molecular weight is 157 g/mol. The number of rotatable bonds is 1. The third-order valence-electron chi connectivity index (χ3n) is 0.563. The fraction of sp³-hybridized carbons (Fsp3) is 1.00. The van der Waals surface area contributed by atoms with Gasteiger partial charge in [-0.15, -0.1) is 23.2 Å². The van der Waals surface area contributed by atoms with Crippen LogP contribution in [-0.2, 0) is 0 Å². The maximum absolute atomic E-state index is 5.46. The van der Waals surface area contributed by atoms with Crippen molar-refractivity contribution in [1.82, 2.24) is 0 Å². The Morgan fingerprint density at radius 2 is 1.50 bits per heavy atom. The minimum atomic E-state index is 0.356. The molecule has 1 unspecified atom stereocenters. The molecule has 0 aromatic heterocycles. The highest BCUT2D eigenvalue weighted by molar-refractivity contribution is 6.20. The van der Waals surface area contributed by atoms with Crippen LogP contribution in [0, 0.1) is 0 Å². The Hall–Kier alpha value is 0.580. The van der Waals surface area contributed by atoms with Crippen LogP contribution < -0.4 is 0 Å². The van der Waals surface area contributed by atoms with Crippen molar-refractivity contribution in [1.29, 1.82) is 0 Å². The van der Waals surface area contributed by atoms with Crippen LogP contribution in [0.15, 0.2) is 0 Å². The molecule has 0 aromatic rings. The molecule has 0 aliphatic carbocycles. The highest BCUT2D eigenvalue weighted by atomic mass is 35.5.